The van der Waals surface area contributed by atoms with E-state index in [1.54, 1.807) is 6.92 Å². The number of hydrogen-bond acceptors (Lipinski definition) is 4. The van der Waals surface area contributed by atoms with E-state index in [0.717, 1.165) is 18.9 Å². The largest absolute Gasteiger partial charge is 0.478 e. The van der Waals surface area contributed by atoms with E-state index >= 15 is 0 Å². The van der Waals surface area contributed by atoms with Crippen LogP contribution in [0.3, 0.4) is 0 Å². The zero-order valence-corrected chi connectivity index (χ0v) is 12.3. The van der Waals surface area contributed by atoms with Crippen LogP contribution in [0.15, 0.2) is 24.3 Å². The van der Waals surface area contributed by atoms with Gasteiger partial charge in [-0.3, -0.25) is 0 Å². The van der Waals surface area contributed by atoms with Gasteiger partial charge in [-0.05, 0) is 50.5 Å². The number of rotatable bonds is 8. The normalized spacial score (nSPS) is 27.5. The molecule has 1 saturated carbocycles. The summed E-state index contributed by atoms with van der Waals surface area (Å²) in [4.78, 5) is 21.3. The molecule has 0 aliphatic heterocycles. The molecule has 0 aromatic carbocycles. The fourth-order valence-corrected chi connectivity index (χ4v) is 2.75. The van der Waals surface area contributed by atoms with E-state index in [0.29, 0.717) is 19.3 Å². The van der Waals surface area contributed by atoms with Gasteiger partial charge in [0.1, 0.15) is 5.78 Å². The van der Waals surface area contributed by atoms with Crippen LogP contribution in [0.25, 0.3) is 0 Å². The third-order valence-corrected chi connectivity index (χ3v) is 3.80. The molecular weight excluding hydrogens is 272 g/mol. The Morgan fingerprint density at radius 3 is 2.67 bits per heavy atom. The van der Waals surface area contributed by atoms with Gasteiger partial charge in [0.15, 0.2) is 0 Å². The first-order valence-electron chi connectivity index (χ1n) is 7.33. The molecule has 4 atom stereocenters. The summed E-state index contributed by atoms with van der Waals surface area (Å²) in [5.74, 6) is -1.05. The fraction of sp³-hybridized carbons (Fsp3) is 0.625. The maximum absolute atomic E-state index is 10.8. The molecule has 4 unspecified atom stereocenters. The van der Waals surface area contributed by atoms with Crippen LogP contribution >= 0.6 is 0 Å². The molecule has 0 aromatic rings. The summed E-state index contributed by atoms with van der Waals surface area (Å²) < 4.78 is 0. The van der Waals surface area contributed by atoms with Crippen molar-refractivity contribution in [2.75, 3.05) is 0 Å². The molecule has 0 saturated heterocycles. The second kappa shape index (κ2) is 8.74. The number of aliphatic hydroxyl groups is 2. The number of carboxylic acid groups (broad SMARTS) is 1. The Kier molecular flexibility index (Phi) is 7.32. The van der Waals surface area contributed by atoms with Crippen LogP contribution in [0.5, 0.6) is 0 Å². The van der Waals surface area contributed by atoms with Gasteiger partial charge in [-0.15, -0.1) is 0 Å². The molecule has 1 rings (SSSR count). The van der Waals surface area contributed by atoms with Crippen LogP contribution < -0.4 is 0 Å². The van der Waals surface area contributed by atoms with Crippen LogP contribution in [-0.2, 0) is 9.59 Å². The van der Waals surface area contributed by atoms with Crippen LogP contribution in [0.4, 0.5) is 0 Å². The summed E-state index contributed by atoms with van der Waals surface area (Å²) in [6, 6.07) is 0. The van der Waals surface area contributed by atoms with Crippen molar-refractivity contribution in [3.8, 4) is 0 Å². The summed E-state index contributed by atoms with van der Waals surface area (Å²) in [5.41, 5.74) is 0. The molecule has 5 heteroatoms. The van der Waals surface area contributed by atoms with Crippen LogP contribution in [0.1, 0.15) is 39.0 Å². The highest BCUT2D eigenvalue weighted by atomic mass is 16.4. The van der Waals surface area contributed by atoms with Crippen molar-refractivity contribution in [1.29, 1.82) is 0 Å². The molecule has 5 nitrogen and oxygen atoms in total. The minimum atomic E-state index is -1.09. The molecule has 0 bridgehead atoms. The van der Waals surface area contributed by atoms with E-state index in [1.807, 2.05) is 12.2 Å². The number of carbonyl (C=O) groups excluding carboxylic acids is 1. The number of Topliss-reactive ketones (excluding diaryl/α,β-unsaturated/α-hetero) is 1. The second-order valence-electron chi connectivity index (χ2n) is 5.66. The zero-order chi connectivity index (χ0) is 15.8. The van der Waals surface area contributed by atoms with Gasteiger partial charge < -0.3 is 20.1 Å². The molecule has 0 spiro atoms. The second-order valence-corrected chi connectivity index (χ2v) is 5.66. The van der Waals surface area contributed by atoms with Crippen LogP contribution in [0, 0.1) is 11.8 Å². The Labute approximate surface area is 125 Å². The van der Waals surface area contributed by atoms with E-state index in [-0.39, 0.29) is 17.6 Å². The predicted octanol–water partition coefficient (Wildman–Crippen LogP) is 1.69. The van der Waals surface area contributed by atoms with Gasteiger partial charge >= 0.3 is 5.97 Å². The van der Waals surface area contributed by atoms with E-state index in [2.05, 4.69) is 0 Å². The third kappa shape index (κ3) is 6.69. The van der Waals surface area contributed by atoms with Crippen molar-refractivity contribution in [2.24, 2.45) is 11.8 Å². The highest BCUT2D eigenvalue weighted by molar-refractivity contribution is 5.79. The maximum atomic E-state index is 10.8. The number of ketones is 1. The standard InChI is InChI=1S/C16H24O5/c1-11(17)5-3-2-4-6-12-9-13(18)10-14(12)15(19)7-8-16(20)21/h4,6-8,12-15,18-19H,2-3,5,9-10H2,1H3,(H,20,21)/b6-4+,8-7+. The van der Waals surface area contributed by atoms with Crippen LogP contribution in [-0.4, -0.2) is 39.3 Å². The molecule has 118 valence electrons. The Morgan fingerprint density at radius 1 is 1.33 bits per heavy atom. The Morgan fingerprint density at radius 2 is 2.05 bits per heavy atom. The van der Waals surface area contributed by atoms with Gasteiger partial charge in [0, 0.05) is 12.5 Å². The molecule has 0 aromatic heterocycles. The smallest absolute Gasteiger partial charge is 0.328 e. The van der Waals surface area contributed by atoms with E-state index in [1.165, 1.54) is 6.08 Å². The zero-order valence-electron chi connectivity index (χ0n) is 12.3. The van der Waals surface area contributed by atoms with E-state index in [4.69, 9.17) is 5.11 Å². The highest BCUT2D eigenvalue weighted by Crippen LogP contribution is 2.36. The maximum Gasteiger partial charge on any atom is 0.328 e. The Hall–Kier alpha value is -1.46. The number of carboxylic acids is 1. The molecule has 1 aliphatic carbocycles. The molecular formula is C16H24O5. The molecule has 1 fully saturated rings. The van der Waals surface area contributed by atoms with Crippen LogP contribution in [0.2, 0.25) is 0 Å². The number of aliphatic carboxylic acids is 1. The summed E-state index contributed by atoms with van der Waals surface area (Å²) >= 11 is 0. The summed E-state index contributed by atoms with van der Waals surface area (Å²) in [5, 5.41) is 28.3. The quantitative estimate of drug-likeness (QED) is 0.360. The van der Waals surface area contributed by atoms with Gasteiger partial charge in [-0.1, -0.05) is 12.2 Å². The first kappa shape index (κ1) is 17.6. The van der Waals surface area contributed by atoms with Crippen molar-refractivity contribution in [3.63, 3.8) is 0 Å². The van der Waals surface area contributed by atoms with Crippen molar-refractivity contribution < 1.29 is 24.9 Å². The van der Waals surface area contributed by atoms with Crippen molar-refractivity contribution in [1.82, 2.24) is 0 Å². The van der Waals surface area contributed by atoms with Crippen molar-refractivity contribution in [3.05, 3.63) is 24.3 Å². The van der Waals surface area contributed by atoms with Gasteiger partial charge in [-0.25, -0.2) is 4.79 Å². The lowest BCUT2D eigenvalue weighted by atomic mass is 9.90. The third-order valence-electron chi connectivity index (χ3n) is 3.80. The monoisotopic (exact) mass is 296 g/mol. The Balaban J connectivity index is 2.52. The van der Waals surface area contributed by atoms with Crippen molar-refractivity contribution >= 4 is 11.8 Å². The number of allylic oxidation sites excluding steroid dienone is 2. The molecule has 0 radical (unpaired) electrons. The molecule has 21 heavy (non-hydrogen) atoms. The summed E-state index contributed by atoms with van der Waals surface area (Å²) in [7, 11) is 0. The Bertz CT molecular complexity index is 413. The molecule has 3 N–H and O–H groups in total. The number of aliphatic hydroxyl groups excluding tert-OH is 2. The first-order chi connectivity index (χ1) is 9.90. The minimum Gasteiger partial charge on any atom is -0.478 e. The average molecular weight is 296 g/mol. The van der Waals surface area contributed by atoms with Gasteiger partial charge in [0.25, 0.3) is 0 Å². The fourth-order valence-electron chi connectivity index (χ4n) is 2.75. The lowest BCUT2D eigenvalue weighted by Crippen LogP contribution is -2.21. The minimum absolute atomic E-state index is 0.0331. The lowest BCUT2D eigenvalue weighted by molar-refractivity contribution is -0.131. The van der Waals surface area contributed by atoms with Gasteiger partial charge in [0.2, 0.25) is 0 Å². The molecule has 0 heterocycles. The molecule has 1 aliphatic rings. The van der Waals surface area contributed by atoms with Gasteiger partial charge in [-0.2, -0.15) is 0 Å². The lowest BCUT2D eigenvalue weighted by Gasteiger charge is -2.19. The average Bonchev–Trinajstić information content (AvgIpc) is 2.76. The number of carbonyl (C=O) groups is 2. The number of unbranched alkanes of at least 4 members (excludes halogenated alkanes) is 1. The highest BCUT2D eigenvalue weighted by Gasteiger charge is 2.35. The summed E-state index contributed by atoms with van der Waals surface area (Å²) in [6.45, 7) is 1.57. The first-order valence-corrected chi connectivity index (χ1v) is 7.33. The van der Waals surface area contributed by atoms with E-state index in [9.17, 15) is 19.8 Å². The topological polar surface area (TPSA) is 94.8 Å². The summed E-state index contributed by atoms with van der Waals surface area (Å²) in [6.07, 6.45) is 8.01. The number of hydrogen-bond donors (Lipinski definition) is 3. The predicted molar refractivity (Wildman–Crippen MR) is 78.7 cm³/mol. The van der Waals surface area contributed by atoms with Gasteiger partial charge in [0.05, 0.1) is 12.2 Å². The SMILES string of the molecule is CC(=O)CCC/C=C/C1CC(O)CC1C(O)/C=C/C(=O)O. The van der Waals surface area contributed by atoms with E-state index < -0.39 is 18.2 Å². The van der Waals surface area contributed by atoms with Crippen molar-refractivity contribution in [2.45, 2.75) is 51.2 Å². The molecule has 0 amide bonds.